The average Bonchev–Trinajstić information content (AvgIpc) is 3.26. The fourth-order valence-electron chi connectivity index (χ4n) is 2.59. The molecule has 1 aliphatic rings. The van der Waals surface area contributed by atoms with Gasteiger partial charge in [0.1, 0.15) is 0 Å². The second-order valence-corrected chi connectivity index (χ2v) is 6.49. The number of benzene rings is 1. The van der Waals surface area contributed by atoms with Gasteiger partial charge in [-0.25, -0.2) is 0 Å². The van der Waals surface area contributed by atoms with Gasteiger partial charge in [-0.05, 0) is 49.9 Å². The van der Waals surface area contributed by atoms with Gasteiger partial charge >= 0.3 is 12.1 Å². The maximum Gasteiger partial charge on any atom is 0.416 e. The summed E-state index contributed by atoms with van der Waals surface area (Å²) in [5.41, 5.74) is -1.74. The Kier molecular flexibility index (Phi) is 5.13. The van der Waals surface area contributed by atoms with Crippen LogP contribution in [0, 0.1) is 0 Å². The van der Waals surface area contributed by atoms with Crippen LogP contribution in [0.25, 0.3) is 0 Å². The summed E-state index contributed by atoms with van der Waals surface area (Å²) in [7, 11) is 0. The minimum absolute atomic E-state index is 0.0985. The number of alkyl halides is 3. The number of halogens is 4. The summed E-state index contributed by atoms with van der Waals surface area (Å²) in [6, 6.07) is 2.57. The van der Waals surface area contributed by atoms with E-state index in [1.165, 1.54) is 0 Å². The number of carbonyl (C=O) groups is 2. The summed E-state index contributed by atoms with van der Waals surface area (Å²) in [6.45, 7) is 1.66. The van der Waals surface area contributed by atoms with Crippen molar-refractivity contribution in [3.8, 4) is 0 Å². The molecule has 1 unspecified atom stereocenters. The van der Waals surface area contributed by atoms with Crippen molar-refractivity contribution in [1.82, 2.24) is 5.32 Å². The summed E-state index contributed by atoms with van der Waals surface area (Å²) in [4.78, 5) is 23.1. The van der Waals surface area contributed by atoms with Crippen molar-refractivity contribution in [3.63, 3.8) is 0 Å². The molecule has 1 saturated carbocycles. The third-order valence-corrected chi connectivity index (χ3v) is 4.49. The first-order valence-corrected chi connectivity index (χ1v) is 7.84. The van der Waals surface area contributed by atoms with E-state index in [1.54, 1.807) is 6.92 Å². The van der Waals surface area contributed by atoms with Gasteiger partial charge in [0.15, 0.2) is 0 Å². The highest BCUT2D eigenvalue weighted by atomic mass is 35.5. The van der Waals surface area contributed by atoms with Gasteiger partial charge in [0, 0.05) is 17.5 Å². The summed E-state index contributed by atoms with van der Waals surface area (Å²) in [6.07, 6.45) is -3.55. The second-order valence-electron chi connectivity index (χ2n) is 6.08. The molecule has 0 spiro atoms. The molecule has 8 heteroatoms. The smallest absolute Gasteiger partial charge is 0.416 e. The van der Waals surface area contributed by atoms with E-state index < -0.39 is 35.1 Å². The zero-order valence-corrected chi connectivity index (χ0v) is 13.7. The Bertz CT molecular complexity index is 656. The lowest BCUT2D eigenvalue weighted by Crippen LogP contribution is -2.40. The Balaban J connectivity index is 2.19. The predicted molar refractivity (Wildman–Crippen MR) is 81.8 cm³/mol. The summed E-state index contributed by atoms with van der Waals surface area (Å²) < 4.78 is 38.7. The van der Waals surface area contributed by atoms with Crippen molar-refractivity contribution >= 4 is 23.5 Å². The first-order valence-electron chi connectivity index (χ1n) is 7.46. The average molecular weight is 364 g/mol. The Morgan fingerprint density at radius 1 is 1.38 bits per heavy atom. The topological polar surface area (TPSA) is 66.4 Å². The minimum atomic E-state index is -4.51. The molecule has 1 aromatic carbocycles. The molecule has 0 saturated heterocycles. The maximum absolute atomic E-state index is 12.9. The van der Waals surface area contributed by atoms with E-state index in [-0.39, 0.29) is 23.4 Å². The molecule has 0 bridgehead atoms. The van der Waals surface area contributed by atoms with Gasteiger partial charge in [0.25, 0.3) is 0 Å². The molecule has 0 aromatic heterocycles. The number of aliphatic carboxylic acids is 1. The van der Waals surface area contributed by atoms with Crippen LogP contribution in [0.3, 0.4) is 0 Å². The van der Waals surface area contributed by atoms with Gasteiger partial charge in [0.05, 0.1) is 11.0 Å². The number of carboxylic acid groups (broad SMARTS) is 1. The maximum atomic E-state index is 12.9. The molecule has 4 nitrogen and oxygen atoms in total. The van der Waals surface area contributed by atoms with Crippen LogP contribution in [-0.4, -0.2) is 23.0 Å². The number of carbonyl (C=O) groups excluding carboxylic acids is 1. The first-order chi connectivity index (χ1) is 11.1. The predicted octanol–water partition coefficient (Wildman–Crippen LogP) is 3.76. The van der Waals surface area contributed by atoms with Gasteiger partial charge < -0.3 is 10.4 Å². The molecule has 1 aromatic rings. The van der Waals surface area contributed by atoms with E-state index in [0.717, 1.165) is 18.2 Å². The van der Waals surface area contributed by atoms with E-state index in [9.17, 15) is 22.8 Å². The summed E-state index contributed by atoms with van der Waals surface area (Å²) in [5, 5.41) is 11.5. The van der Waals surface area contributed by atoms with Gasteiger partial charge in [-0.2, -0.15) is 13.2 Å². The van der Waals surface area contributed by atoms with Crippen LogP contribution in [0.1, 0.15) is 43.7 Å². The lowest BCUT2D eigenvalue weighted by molar-refractivity contribution is -0.138. The van der Waals surface area contributed by atoms with Crippen LogP contribution in [0.5, 0.6) is 0 Å². The van der Waals surface area contributed by atoms with Crippen molar-refractivity contribution in [3.05, 3.63) is 34.3 Å². The highest BCUT2D eigenvalue weighted by Crippen LogP contribution is 2.51. The Hall–Kier alpha value is -1.76. The monoisotopic (exact) mass is 363 g/mol. The lowest BCUT2D eigenvalue weighted by Gasteiger charge is -2.21. The molecule has 0 heterocycles. The van der Waals surface area contributed by atoms with E-state index in [1.807, 2.05) is 0 Å². The Labute approximate surface area is 142 Å². The van der Waals surface area contributed by atoms with Crippen LogP contribution >= 0.6 is 11.6 Å². The largest absolute Gasteiger partial charge is 0.481 e. The molecule has 1 fully saturated rings. The van der Waals surface area contributed by atoms with Crippen molar-refractivity contribution in [2.75, 3.05) is 0 Å². The second kappa shape index (κ2) is 6.63. The highest BCUT2D eigenvalue weighted by Gasteiger charge is 2.53. The molecule has 2 rings (SSSR count). The van der Waals surface area contributed by atoms with Crippen LogP contribution in [-0.2, 0) is 21.2 Å². The third kappa shape index (κ3) is 4.01. The summed E-state index contributed by atoms with van der Waals surface area (Å²) >= 11 is 6.03. The van der Waals surface area contributed by atoms with E-state index >= 15 is 0 Å². The molecular weight excluding hydrogens is 347 g/mol. The number of rotatable bonds is 6. The van der Waals surface area contributed by atoms with E-state index in [2.05, 4.69) is 5.32 Å². The number of nitrogens with one attached hydrogen (secondary N) is 1. The fourth-order valence-corrected chi connectivity index (χ4v) is 2.88. The molecule has 24 heavy (non-hydrogen) atoms. The molecule has 0 aliphatic heterocycles. The molecule has 132 valence electrons. The molecule has 1 amide bonds. The molecule has 1 aliphatic carbocycles. The fraction of sp³-hybridized carbons (Fsp3) is 0.500. The normalized spacial score (nSPS) is 17.2. The van der Waals surface area contributed by atoms with E-state index in [0.29, 0.717) is 12.8 Å². The zero-order valence-electron chi connectivity index (χ0n) is 12.9. The van der Waals surface area contributed by atoms with Gasteiger partial charge in [-0.1, -0.05) is 11.6 Å². The van der Waals surface area contributed by atoms with E-state index in [4.69, 9.17) is 16.7 Å². The van der Waals surface area contributed by atoms with Crippen molar-refractivity contribution in [2.24, 2.45) is 0 Å². The van der Waals surface area contributed by atoms with Crippen LogP contribution in [0.4, 0.5) is 13.2 Å². The number of amides is 1. The van der Waals surface area contributed by atoms with Crippen molar-refractivity contribution in [1.29, 1.82) is 0 Å². The first kappa shape index (κ1) is 18.6. The minimum Gasteiger partial charge on any atom is -0.481 e. The Morgan fingerprint density at radius 3 is 2.50 bits per heavy atom. The Morgan fingerprint density at radius 2 is 2.00 bits per heavy atom. The van der Waals surface area contributed by atoms with Gasteiger partial charge in [-0.3, -0.25) is 9.59 Å². The van der Waals surface area contributed by atoms with Crippen LogP contribution in [0.15, 0.2) is 18.2 Å². The number of hydrogen-bond acceptors (Lipinski definition) is 2. The van der Waals surface area contributed by atoms with Crippen LogP contribution in [0.2, 0.25) is 5.02 Å². The van der Waals surface area contributed by atoms with Crippen molar-refractivity contribution < 1.29 is 27.9 Å². The zero-order chi connectivity index (χ0) is 18.1. The SMILES string of the molecule is CC(CCC(=O)O)NC(=O)C1(c2cc(C(F)(F)F)ccc2Cl)CC1. The lowest BCUT2D eigenvalue weighted by atomic mass is 9.92. The molecular formula is C16H17ClF3NO3. The summed E-state index contributed by atoms with van der Waals surface area (Å²) in [5.74, 6) is -1.39. The van der Waals surface area contributed by atoms with Gasteiger partial charge in [0.2, 0.25) is 5.91 Å². The highest BCUT2D eigenvalue weighted by molar-refractivity contribution is 6.32. The number of carboxylic acids is 1. The standard InChI is InChI=1S/C16H17ClF3NO3/c1-9(2-5-13(22)23)21-14(24)15(6-7-15)11-8-10(16(18,19)20)3-4-12(11)17/h3-4,8-9H,2,5-7H2,1H3,(H,21,24)(H,22,23). The van der Waals surface area contributed by atoms with Gasteiger partial charge in [-0.15, -0.1) is 0 Å². The molecule has 1 atom stereocenters. The quantitative estimate of drug-likeness (QED) is 0.808. The molecule has 2 N–H and O–H groups in total. The third-order valence-electron chi connectivity index (χ3n) is 4.16. The molecule has 0 radical (unpaired) electrons. The van der Waals surface area contributed by atoms with Crippen LogP contribution < -0.4 is 5.32 Å². The number of hydrogen-bond donors (Lipinski definition) is 2. The van der Waals surface area contributed by atoms with Crippen molar-refractivity contribution in [2.45, 2.75) is 50.2 Å².